The fraction of sp³-hybridized carbons (Fsp3) is 0.857. The highest BCUT2D eigenvalue weighted by molar-refractivity contribution is 5.79. The molecule has 0 aromatic heterocycles. The second-order valence-corrected chi connectivity index (χ2v) is 2.17. The van der Waals surface area contributed by atoms with E-state index in [-0.39, 0.29) is 12.3 Å². The molecule has 0 aliphatic carbocycles. The monoisotopic (exact) mass is 128 g/mol. The third kappa shape index (κ3) is 5.50. The highest BCUT2D eigenvalue weighted by Gasteiger charge is 1.95. The van der Waals surface area contributed by atoms with Gasteiger partial charge in [0.2, 0.25) is 0 Å². The molecule has 0 bridgehead atoms. The largest absolute Gasteiger partial charge is 0.298 e. The molecule has 9 heavy (non-hydrogen) atoms. The summed E-state index contributed by atoms with van der Waals surface area (Å²) in [6, 6.07) is 0. The van der Waals surface area contributed by atoms with E-state index in [1.165, 1.54) is 0 Å². The Bertz CT molecular complexity index is 81.0. The van der Waals surface area contributed by atoms with Gasteiger partial charge in [-0.05, 0) is 6.42 Å². The highest BCUT2D eigenvalue weighted by Crippen LogP contribution is 1.98. The zero-order valence-corrected chi connectivity index (χ0v) is 5.94. The second-order valence-electron chi connectivity index (χ2n) is 2.17. The summed E-state index contributed by atoms with van der Waals surface area (Å²) >= 11 is 0. The second kappa shape index (κ2) is 5.76. The fourth-order valence-corrected chi connectivity index (χ4v) is 0.661. The number of nitrogens with one attached hydrogen (secondary N) is 1. The van der Waals surface area contributed by atoms with Crippen LogP contribution in [0.4, 0.5) is 0 Å². The van der Waals surface area contributed by atoms with Crippen LogP contribution in [-0.4, -0.2) is 12.3 Å². The van der Waals surface area contributed by atoms with Gasteiger partial charge in [-0.1, -0.05) is 19.8 Å². The molecule has 0 aromatic rings. The van der Waals surface area contributed by atoms with E-state index in [9.17, 15) is 4.79 Å². The quantitative estimate of drug-likeness (QED) is 0.516. The molecule has 53 valence electrons. The third-order valence-electron chi connectivity index (χ3n) is 1.26. The van der Waals surface area contributed by atoms with Crippen molar-refractivity contribution < 1.29 is 4.79 Å². The Balaban J connectivity index is 2.97. The van der Waals surface area contributed by atoms with Crippen molar-refractivity contribution in [2.45, 2.75) is 32.6 Å². The normalized spacial score (nSPS) is 9.56. The van der Waals surface area contributed by atoms with E-state index in [0.717, 1.165) is 19.3 Å². The summed E-state index contributed by atoms with van der Waals surface area (Å²) in [6.45, 7) is 2.06. The van der Waals surface area contributed by atoms with E-state index in [1.54, 1.807) is 0 Å². The number of rotatable bonds is 5. The van der Waals surface area contributed by atoms with E-state index in [2.05, 4.69) is 6.92 Å². The first-order valence-electron chi connectivity index (χ1n) is 3.47. The van der Waals surface area contributed by atoms with Crippen LogP contribution < -0.4 is 5.73 Å². The molecule has 0 fully saturated rings. The highest BCUT2D eigenvalue weighted by atomic mass is 16.1. The maximum absolute atomic E-state index is 10.5. The summed E-state index contributed by atoms with van der Waals surface area (Å²) in [5.41, 5.74) is 6.69. The van der Waals surface area contributed by atoms with Crippen LogP contribution in [0.3, 0.4) is 0 Å². The van der Waals surface area contributed by atoms with E-state index in [0.29, 0.717) is 6.42 Å². The van der Waals surface area contributed by atoms with E-state index < -0.39 is 0 Å². The molecule has 0 aliphatic heterocycles. The Morgan fingerprint density at radius 2 is 2.11 bits per heavy atom. The predicted octanol–water partition coefficient (Wildman–Crippen LogP) is 1.42. The van der Waals surface area contributed by atoms with Crippen molar-refractivity contribution in [2.24, 2.45) is 0 Å². The zero-order chi connectivity index (χ0) is 7.11. The summed E-state index contributed by atoms with van der Waals surface area (Å²) in [7, 11) is 0. The molecular formula is C7H14NO. The van der Waals surface area contributed by atoms with Gasteiger partial charge in [0.25, 0.3) is 0 Å². The average Bonchev–Trinajstić information content (AvgIpc) is 1.89. The minimum absolute atomic E-state index is 0.0380. The molecule has 0 heterocycles. The van der Waals surface area contributed by atoms with Crippen LogP contribution in [0.1, 0.15) is 32.6 Å². The first-order valence-corrected chi connectivity index (χ1v) is 3.47. The van der Waals surface area contributed by atoms with Gasteiger partial charge in [0.15, 0.2) is 0 Å². The minimum Gasteiger partial charge on any atom is -0.298 e. The summed E-state index contributed by atoms with van der Waals surface area (Å²) in [5, 5.41) is 0. The van der Waals surface area contributed by atoms with Crippen molar-refractivity contribution in [2.75, 3.05) is 6.54 Å². The Hall–Kier alpha value is -0.370. The van der Waals surface area contributed by atoms with E-state index in [1.807, 2.05) is 0 Å². The fourth-order valence-electron chi connectivity index (χ4n) is 0.661. The lowest BCUT2D eigenvalue weighted by Crippen LogP contribution is -2.03. The number of hydrogen-bond donors (Lipinski definition) is 0. The molecule has 0 atom stereocenters. The topological polar surface area (TPSA) is 40.9 Å². The molecule has 0 rings (SSSR count). The Morgan fingerprint density at radius 3 is 2.56 bits per heavy atom. The smallest absolute Gasteiger partial charge is 0.148 e. The molecule has 0 unspecified atom stereocenters. The van der Waals surface area contributed by atoms with Gasteiger partial charge in [-0.2, -0.15) is 0 Å². The molecule has 0 saturated carbocycles. The van der Waals surface area contributed by atoms with Crippen LogP contribution in [-0.2, 0) is 4.79 Å². The van der Waals surface area contributed by atoms with Crippen molar-refractivity contribution in [3.8, 4) is 0 Å². The van der Waals surface area contributed by atoms with Gasteiger partial charge in [-0.15, -0.1) is 0 Å². The molecule has 0 spiro atoms. The molecule has 1 N–H and O–H groups in total. The Labute approximate surface area is 56.4 Å². The lowest BCUT2D eigenvalue weighted by molar-refractivity contribution is -0.117. The van der Waals surface area contributed by atoms with Crippen LogP contribution in [0.5, 0.6) is 0 Å². The van der Waals surface area contributed by atoms with Crippen LogP contribution in [0.15, 0.2) is 0 Å². The van der Waals surface area contributed by atoms with Crippen molar-refractivity contribution >= 4 is 5.78 Å². The van der Waals surface area contributed by atoms with Crippen molar-refractivity contribution in [3.05, 3.63) is 0 Å². The molecule has 1 radical (unpaired) electrons. The van der Waals surface area contributed by atoms with Gasteiger partial charge in [0.1, 0.15) is 5.78 Å². The van der Waals surface area contributed by atoms with Gasteiger partial charge in [-0.3, -0.25) is 10.5 Å². The first-order chi connectivity index (χ1) is 4.31. The molecule has 0 aromatic carbocycles. The van der Waals surface area contributed by atoms with Crippen molar-refractivity contribution in [1.82, 2.24) is 5.73 Å². The van der Waals surface area contributed by atoms with Crippen LogP contribution >= 0.6 is 0 Å². The number of unbranched alkanes of at least 4 members (excludes halogenated alkanes) is 2. The summed E-state index contributed by atoms with van der Waals surface area (Å²) in [5.74, 6) is 0.0726. The van der Waals surface area contributed by atoms with Crippen molar-refractivity contribution in [3.63, 3.8) is 0 Å². The summed E-state index contributed by atoms with van der Waals surface area (Å²) in [4.78, 5) is 10.5. The molecule has 2 heteroatoms. The lowest BCUT2D eigenvalue weighted by Gasteiger charge is -1.93. The number of hydrogen-bond acceptors (Lipinski definition) is 1. The molecular weight excluding hydrogens is 114 g/mol. The van der Waals surface area contributed by atoms with Crippen LogP contribution in [0, 0.1) is 0 Å². The number of carbonyl (C=O) groups excluding carboxylic acids is 1. The maximum atomic E-state index is 10.5. The average molecular weight is 128 g/mol. The molecule has 2 nitrogen and oxygen atoms in total. The van der Waals surface area contributed by atoms with E-state index >= 15 is 0 Å². The standard InChI is InChI=1S/C7H14NO/c1-2-3-4-5-7(9)6-8/h8H,2-6H2,1H3. The van der Waals surface area contributed by atoms with Gasteiger partial charge in [0, 0.05) is 6.42 Å². The summed E-state index contributed by atoms with van der Waals surface area (Å²) in [6.07, 6.45) is 3.84. The number of ketones is 1. The maximum Gasteiger partial charge on any atom is 0.148 e. The molecule has 0 aliphatic rings. The predicted molar refractivity (Wildman–Crippen MR) is 37.1 cm³/mol. The first kappa shape index (κ1) is 8.63. The van der Waals surface area contributed by atoms with Gasteiger partial charge in [-0.25, -0.2) is 0 Å². The number of carbonyl (C=O) groups is 1. The van der Waals surface area contributed by atoms with Crippen LogP contribution in [0.2, 0.25) is 0 Å². The third-order valence-corrected chi connectivity index (χ3v) is 1.26. The minimum atomic E-state index is -0.0380. The van der Waals surface area contributed by atoms with Crippen molar-refractivity contribution in [1.29, 1.82) is 0 Å². The van der Waals surface area contributed by atoms with Gasteiger partial charge >= 0.3 is 0 Å². The van der Waals surface area contributed by atoms with E-state index in [4.69, 9.17) is 5.73 Å². The number of Topliss-reactive ketones (excluding diaryl/α,β-unsaturated/α-hetero) is 1. The van der Waals surface area contributed by atoms with Gasteiger partial charge in [0.05, 0.1) is 6.54 Å². The molecule has 0 saturated heterocycles. The Kier molecular flexibility index (Phi) is 5.52. The summed E-state index contributed by atoms with van der Waals surface area (Å²) < 4.78 is 0. The SMILES string of the molecule is CCCCCC(=O)C[NH]. The van der Waals surface area contributed by atoms with Gasteiger partial charge < -0.3 is 0 Å². The van der Waals surface area contributed by atoms with Crippen LogP contribution in [0.25, 0.3) is 0 Å². The Morgan fingerprint density at radius 1 is 1.44 bits per heavy atom. The lowest BCUT2D eigenvalue weighted by atomic mass is 10.1. The molecule has 0 amide bonds. The zero-order valence-electron chi connectivity index (χ0n) is 5.94.